The summed E-state index contributed by atoms with van der Waals surface area (Å²) in [5.41, 5.74) is 9.73. The topological polar surface area (TPSA) is 115 Å². The zero-order valence-corrected chi connectivity index (χ0v) is 29.4. The highest BCUT2D eigenvalue weighted by Crippen LogP contribution is 2.39. The van der Waals surface area contributed by atoms with Gasteiger partial charge in [0.1, 0.15) is 5.75 Å². The SMILES string of the molecule is CC(C)(C)N.COc1ccc(CC2(C(=O)O)CCN(Cc3ccc(-c4noc(-c5ccc(C6CCCCC6)c(Cl)c5)n4)cc3)CC2)cc1. The average molecular weight is 673 g/mol. The maximum absolute atomic E-state index is 12.4. The number of nitrogens with zero attached hydrogens (tertiary/aromatic N) is 3. The summed E-state index contributed by atoms with van der Waals surface area (Å²) in [6, 6.07) is 22.0. The van der Waals surface area contributed by atoms with Crippen molar-refractivity contribution in [2.45, 2.75) is 90.1 Å². The first-order chi connectivity index (χ1) is 22.9. The van der Waals surface area contributed by atoms with Crippen molar-refractivity contribution in [1.82, 2.24) is 15.0 Å². The van der Waals surface area contributed by atoms with Gasteiger partial charge in [-0.25, -0.2) is 0 Å². The van der Waals surface area contributed by atoms with Crippen LogP contribution in [0.1, 0.15) is 88.3 Å². The summed E-state index contributed by atoms with van der Waals surface area (Å²) >= 11 is 6.68. The number of benzene rings is 3. The van der Waals surface area contributed by atoms with Crippen LogP contribution in [0, 0.1) is 5.41 Å². The van der Waals surface area contributed by atoms with Crippen molar-refractivity contribution in [2.24, 2.45) is 11.1 Å². The van der Waals surface area contributed by atoms with Crippen LogP contribution in [0.15, 0.2) is 71.3 Å². The van der Waals surface area contributed by atoms with Gasteiger partial charge in [-0.2, -0.15) is 4.98 Å². The first-order valence-corrected chi connectivity index (χ1v) is 17.4. The van der Waals surface area contributed by atoms with Crippen LogP contribution in [-0.4, -0.2) is 51.9 Å². The number of methoxy groups -OCH3 is 1. The molecule has 6 rings (SSSR count). The molecule has 8 nitrogen and oxygen atoms in total. The molecule has 1 saturated carbocycles. The molecule has 4 aromatic rings. The summed E-state index contributed by atoms with van der Waals surface area (Å²) in [6.07, 6.45) is 8.00. The molecule has 2 fully saturated rings. The fourth-order valence-corrected chi connectivity index (χ4v) is 6.95. The molecule has 256 valence electrons. The normalized spacial score (nSPS) is 17.0. The molecule has 0 bridgehead atoms. The Morgan fingerprint density at radius 3 is 2.17 bits per heavy atom. The van der Waals surface area contributed by atoms with Crippen molar-refractivity contribution in [3.63, 3.8) is 0 Å². The first kappa shape index (κ1) is 35.6. The van der Waals surface area contributed by atoms with Crippen molar-refractivity contribution in [1.29, 1.82) is 0 Å². The number of aromatic nitrogens is 2. The summed E-state index contributed by atoms with van der Waals surface area (Å²) in [5, 5.41) is 15.1. The van der Waals surface area contributed by atoms with E-state index in [0.717, 1.165) is 52.7 Å². The van der Waals surface area contributed by atoms with Crippen LogP contribution < -0.4 is 10.5 Å². The van der Waals surface area contributed by atoms with E-state index in [2.05, 4.69) is 33.2 Å². The molecule has 1 aliphatic heterocycles. The molecule has 3 aromatic carbocycles. The number of hydrogen-bond acceptors (Lipinski definition) is 7. The Kier molecular flexibility index (Phi) is 11.6. The summed E-state index contributed by atoms with van der Waals surface area (Å²) in [5.74, 6) is 1.60. The number of rotatable bonds is 9. The standard InChI is InChI=1S/C35H38ClN3O4.C4H11N/c1-42-29-14-9-24(10-15-29)22-35(34(40)41)17-19-39(20-18-35)23-25-7-11-27(12-8-25)32-37-33(43-38-32)28-13-16-30(31(36)21-28)26-5-3-2-4-6-26;1-4(2,3)5/h7-16,21,26H,2-6,17-20,22-23H2,1H3,(H,40,41);5H2,1-3H3. The Balaban J connectivity index is 0.000000840. The van der Waals surface area contributed by atoms with E-state index in [4.69, 9.17) is 26.6 Å². The number of carbonyl (C=O) groups is 1. The van der Waals surface area contributed by atoms with Crippen LogP contribution in [0.3, 0.4) is 0 Å². The molecule has 3 N–H and O–H groups in total. The summed E-state index contributed by atoms with van der Waals surface area (Å²) in [4.78, 5) is 19.3. The molecular weight excluding hydrogens is 624 g/mol. The molecule has 1 aliphatic carbocycles. The van der Waals surface area contributed by atoms with E-state index in [0.29, 0.717) is 36.9 Å². The molecule has 0 unspecified atom stereocenters. The van der Waals surface area contributed by atoms with Gasteiger partial charge in [-0.05, 0) is 113 Å². The van der Waals surface area contributed by atoms with E-state index in [-0.39, 0.29) is 5.54 Å². The van der Waals surface area contributed by atoms with Crippen LogP contribution >= 0.6 is 11.6 Å². The van der Waals surface area contributed by atoms with Gasteiger partial charge >= 0.3 is 5.97 Å². The third-order valence-electron chi connectivity index (χ3n) is 9.31. The second-order valence-corrected chi connectivity index (χ2v) is 14.9. The minimum Gasteiger partial charge on any atom is -0.497 e. The molecule has 0 spiro atoms. The molecule has 0 radical (unpaired) electrons. The van der Waals surface area contributed by atoms with Gasteiger partial charge in [0, 0.05) is 28.2 Å². The van der Waals surface area contributed by atoms with Gasteiger partial charge in [0.15, 0.2) is 0 Å². The largest absolute Gasteiger partial charge is 0.497 e. The molecule has 0 amide bonds. The predicted molar refractivity (Wildman–Crippen MR) is 191 cm³/mol. The number of carboxylic acids is 1. The van der Waals surface area contributed by atoms with E-state index in [9.17, 15) is 9.90 Å². The van der Waals surface area contributed by atoms with Gasteiger partial charge in [-0.15, -0.1) is 0 Å². The zero-order valence-electron chi connectivity index (χ0n) is 28.7. The highest BCUT2D eigenvalue weighted by molar-refractivity contribution is 6.31. The molecule has 2 heterocycles. The Morgan fingerprint density at radius 1 is 0.979 bits per heavy atom. The molecule has 1 aromatic heterocycles. The Hall–Kier alpha value is -3.72. The summed E-state index contributed by atoms with van der Waals surface area (Å²) < 4.78 is 10.8. The Labute approximate surface area is 289 Å². The number of hydrogen-bond donors (Lipinski definition) is 2. The second kappa shape index (κ2) is 15.7. The number of nitrogens with two attached hydrogens (primary N) is 1. The smallest absolute Gasteiger partial charge is 0.310 e. The van der Waals surface area contributed by atoms with Crippen LogP contribution in [0.4, 0.5) is 0 Å². The zero-order chi connectivity index (χ0) is 34.3. The monoisotopic (exact) mass is 672 g/mol. The quantitative estimate of drug-likeness (QED) is 0.181. The van der Waals surface area contributed by atoms with E-state index >= 15 is 0 Å². The van der Waals surface area contributed by atoms with Crippen molar-refractivity contribution in [3.8, 4) is 28.6 Å². The van der Waals surface area contributed by atoms with E-state index < -0.39 is 11.4 Å². The lowest BCUT2D eigenvalue weighted by Crippen LogP contribution is -2.45. The highest BCUT2D eigenvalue weighted by atomic mass is 35.5. The molecule has 2 aliphatic rings. The number of piperidine rings is 1. The Morgan fingerprint density at radius 2 is 1.58 bits per heavy atom. The third kappa shape index (κ3) is 9.46. The lowest BCUT2D eigenvalue weighted by molar-refractivity contribution is -0.152. The summed E-state index contributed by atoms with van der Waals surface area (Å²) in [6.45, 7) is 8.13. The van der Waals surface area contributed by atoms with Crippen molar-refractivity contribution in [2.75, 3.05) is 20.2 Å². The average Bonchev–Trinajstić information content (AvgIpc) is 3.57. The van der Waals surface area contributed by atoms with Crippen molar-refractivity contribution < 1.29 is 19.2 Å². The Bertz CT molecular complexity index is 1630. The molecule has 1 saturated heterocycles. The van der Waals surface area contributed by atoms with E-state index in [1.54, 1.807) is 7.11 Å². The molecule has 9 heteroatoms. The fourth-order valence-electron chi connectivity index (χ4n) is 6.62. The highest BCUT2D eigenvalue weighted by Gasteiger charge is 2.41. The van der Waals surface area contributed by atoms with E-state index in [1.807, 2.05) is 69.3 Å². The third-order valence-corrected chi connectivity index (χ3v) is 9.63. The maximum Gasteiger partial charge on any atom is 0.310 e. The van der Waals surface area contributed by atoms with Crippen molar-refractivity contribution >= 4 is 17.6 Å². The molecule has 0 atom stereocenters. The number of carboxylic acid groups (broad SMARTS) is 1. The van der Waals surface area contributed by atoms with Crippen LogP contribution in [0.5, 0.6) is 5.75 Å². The van der Waals surface area contributed by atoms with Crippen LogP contribution in [0.25, 0.3) is 22.8 Å². The summed E-state index contributed by atoms with van der Waals surface area (Å²) in [7, 11) is 1.63. The predicted octanol–water partition coefficient (Wildman–Crippen LogP) is 8.77. The minimum absolute atomic E-state index is 0. The van der Waals surface area contributed by atoms with Crippen LogP contribution in [0.2, 0.25) is 5.02 Å². The number of halogens is 1. The minimum atomic E-state index is -0.744. The fraction of sp³-hybridized carbons (Fsp3) is 0.462. The van der Waals surface area contributed by atoms with Gasteiger partial charge in [-0.3, -0.25) is 9.69 Å². The van der Waals surface area contributed by atoms with Gasteiger partial charge in [0.25, 0.3) is 5.89 Å². The lowest BCUT2D eigenvalue weighted by atomic mass is 9.73. The van der Waals surface area contributed by atoms with Gasteiger partial charge in [-0.1, -0.05) is 78.5 Å². The van der Waals surface area contributed by atoms with Gasteiger partial charge in [0.05, 0.1) is 12.5 Å². The second-order valence-electron chi connectivity index (χ2n) is 14.4. The lowest BCUT2D eigenvalue weighted by Gasteiger charge is -2.39. The number of ether oxygens (including phenoxy) is 1. The van der Waals surface area contributed by atoms with Crippen molar-refractivity contribution in [3.05, 3.63) is 88.4 Å². The maximum atomic E-state index is 12.4. The molecular formula is C39H49ClN4O4. The van der Waals surface area contributed by atoms with E-state index in [1.165, 1.54) is 37.7 Å². The van der Waals surface area contributed by atoms with Gasteiger partial charge in [0.2, 0.25) is 5.82 Å². The first-order valence-electron chi connectivity index (χ1n) is 17.0. The number of likely N-dealkylation sites (tertiary alicyclic amines) is 1. The number of aliphatic carboxylic acids is 1. The van der Waals surface area contributed by atoms with Crippen LogP contribution in [-0.2, 0) is 17.8 Å². The molecule has 48 heavy (non-hydrogen) atoms. The van der Waals surface area contributed by atoms with Gasteiger partial charge < -0.3 is 20.1 Å².